The number of hydrogen-bond donors (Lipinski definition) is 1. The van der Waals surface area contributed by atoms with Crippen LogP contribution in [0.5, 0.6) is 11.6 Å². The van der Waals surface area contributed by atoms with Gasteiger partial charge in [0.2, 0.25) is 0 Å². The molecule has 5 aromatic rings. The van der Waals surface area contributed by atoms with Crippen LogP contribution in [0.1, 0.15) is 24.6 Å². The Morgan fingerprint density at radius 2 is 1.82 bits per heavy atom. The fourth-order valence-electron chi connectivity index (χ4n) is 4.35. The molecule has 1 atom stereocenters. The SMILES string of the molecule is OC1CC(c2nc(-c3ccc4ccc(Oc5ccccc5)nc4c3F)c3c([AsH2])nccn23)C1. The van der Waals surface area contributed by atoms with Crippen LogP contribution in [-0.4, -0.2) is 47.4 Å². The van der Waals surface area contributed by atoms with Gasteiger partial charge >= 0.3 is 192 Å². The van der Waals surface area contributed by atoms with Crippen molar-refractivity contribution >= 4 is 37.8 Å². The quantitative estimate of drug-likeness (QED) is 0.382. The second-order valence-electron chi connectivity index (χ2n) is 8.24. The molecular weight excluding hydrogens is 482 g/mol. The predicted molar refractivity (Wildman–Crippen MR) is 126 cm³/mol. The number of para-hydroxylation sites is 1. The molecule has 1 unspecified atom stereocenters. The van der Waals surface area contributed by atoms with Gasteiger partial charge in [0, 0.05) is 0 Å². The number of pyridine rings is 1. The third kappa shape index (κ3) is 3.48. The van der Waals surface area contributed by atoms with Gasteiger partial charge in [0.05, 0.1) is 0 Å². The van der Waals surface area contributed by atoms with Crippen molar-refractivity contribution in [3.05, 3.63) is 78.6 Å². The number of nitrogens with zero attached hydrogens (tertiary/aromatic N) is 4. The van der Waals surface area contributed by atoms with Crippen molar-refractivity contribution in [3.8, 4) is 22.9 Å². The number of aliphatic hydroxyl groups excluding tert-OH is 1. The van der Waals surface area contributed by atoms with Crippen molar-refractivity contribution in [1.82, 2.24) is 19.4 Å². The number of aliphatic hydroxyl groups is 1. The molecule has 0 amide bonds. The minimum atomic E-state index is -0.443. The van der Waals surface area contributed by atoms with Crippen LogP contribution in [0.25, 0.3) is 27.7 Å². The Morgan fingerprint density at radius 1 is 1.03 bits per heavy atom. The van der Waals surface area contributed by atoms with Crippen molar-refractivity contribution in [3.63, 3.8) is 0 Å². The predicted octanol–water partition coefficient (Wildman–Crippen LogP) is 3.37. The van der Waals surface area contributed by atoms with Gasteiger partial charge in [0.1, 0.15) is 0 Å². The molecule has 0 radical (unpaired) electrons. The molecule has 6 rings (SSSR count). The Kier molecular flexibility index (Phi) is 4.89. The van der Waals surface area contributed by atoms with Crippen LogP contribution in [0.4, 0.5) is 4.39 Å². The molecule has 6 nitrogen and oxygen atoms in total. The molecule has 164 valence electrons. The Balaban J connectivity index is 1.49. The fraction of sp³-hybridized carbons (Fsp3) is 0.160. The van der Waals surface area contributed by atoms with Gasteiger partial charge in [-0.2, -0.15) is 0 Å². The van der Waals surface area contributed by atoms with E-state index in [2.05, 4.69) is 9.97 Å². The van der Waals surface area contributed by atoms with Crippen LogP contribution < -0.4 is 9.22 Å². The molecule has 2 aromatic carbocycles. The van der Waals surface area contributed by atoms with Gasteiger partial charge in [-0.1, -0.05) is 6.07 Å². The van der Waals surface area contributed by atoms with E-state index in [4.69, 9.17) is 9.72 Å². The summed E-state index contributed by atoms with van der Waals surface area (Å²) in [4.78, 5) is 13.8. The molecule has 1 saturated carbocycles. The van der Waals surface area contributed by atoms with Crippen molar-refractivity contribution in [1.29, 1.82) is 0 Å². The molecule has 3 heterocycles. The summed E-state index contributed by atoms with van der Waals surface area (Å²) in [7, 11) is 0. The van der Waals surface area contributed by atoms with Gasteiger partial charge in [0.25, 0.3) is 0 Å². The number of imidazole rings is 1. The average Bonchev–Trinajstić information content (AvgIpc) is 3.18. The standard InChI is InChI=1S/C25H20AsFN4O2/c26-24-23-22(30-25(15-12-16(32)13-15)31(23)11-10-28-24)18-8-6-14-7-9-19(29-21(14)20(18)27)33-17-4-2-1-3-5-17/h1-11,15-16,32H,12-13,26H2. The summed E-state index contributed by atoms with van der Waals surface area (Å²) in [5.41, 5.74) is 1.95. The number of hydrogen-bond acceptors (Lipinski definition) is 5. The normalized spacial score (nSPS) is 17.9. The summed E-state index contributed by atoms with van der Waals surface area (Å²) in [6.07, 6.45) is 4.61. The van der Waals surface area contributed by atoms with E-state index in [-0.39, 0.29) is 17.5 Å². The van der Waals surface area contributed by atoms with E-state index in [0.29, 0.717) is 41.1 Å². The van der Waals surface area contributed by atoms with Gasteiger partial charge in [-0.05, 0) is 0 Å². The maximum absolute atomic E-state index is 15.9. The van der Waals surface area contributed by atoms with Gasteiger partial charge in [0.15, 0.2) is 0 Å². The molecule has 1 N–H and O–H groups in total. The number of ether oxygens (including phenoxy) is 1. The zero-order chi connectivity index (χ0) is 22.5. The average molecular weight is 502 g/mol. The Hall–Kier alpha value is -3.28. The zero-order valence-corrected chi connectivity index (χ0v) is 19.9. The van der Waals surface area contributed by atoms with E-state index in [1.807, 2.05) is 47.0 Å². The van der Waals surface area contributed by atoms with Crippen LogP contribution in [0.3, 0.4) is 0 Å². The number of aromatic nitrogens is 4. The summed E-state index contributed by atoms with van der Waals surface area (Å²) in [6, 6.07) is 16.4. The number of fused-ring (bicyclic) bond motifs is 2. The third-order valence-electron chi connectivity index (χ3n) is 6.08. The van der Waals surface area contributed by atoms with E-state index >= 15 is 4.39 Å². The Bertz CT molecular complexity index is 1500. The summed E-state index contributed by atoms with van der Waals surface area (Å²) in [5.74, 6) is 1.49. The molecule has 0 bridgehead atoms. The molecule has 1 aliphatic rings. The van der Waals surface area contributed by atoms with Crippen LogP contribution in [0, 0.1) is 5.82 Å². The van der Waals surface area contributed by atoms with Crippen molar-refractivity contribution in [2.75, 3.05) is 0 Å². The molecule has 0 aliphatic heterocycles. The van der Waals surface area contributed by atoms with Crippen LogP contribution in [0.2, 0.25) is 0 Å². The van der Waals surface area contributed by atoms with Crippen LogP contribution in [0.15, 0.2) is 67.0 Å². The first-order chi connectivity index (χ1) is 16.1. The van der Waals surface area contributed by atoms with Crippen LogP contribution >= 0.6 is 0 Å². The van der Waals surface area contributed by atoms with Crippen LogP contribution in [-0.2, 0) is 0 Å². The molecule has 1 aliphatic carbocycles. The first-order valence-corrected chi connectivity index (χ1v) is 11.9. The van der Waals surface area contributed by atoms with Gasteiger partial charge < -0.3 is 0 Å². The number of benzene rings is 2. The van der Waals surface area contributed by atoms with Gasteiger partial charge in [-0.25, -0.2) is 0 Å². The topological polar surface area (TPSA) is 72.5 Å². The molecule has 8 heteroatoms. The number of halogens is 1. The zero-order valence-electron chi connectivity index (χ0n) is 17.5. The van der Waals surface area contributed by atoms with Crippen molar-refractivity contribution in [2.24, 2.45) is 0 Å². The number of rotatable bonds is 4. The van der Waals surface area contributed by atoms with E-state index < -0.39 is 5.82 Å². The molecule has 33 heavy (non-hydrogen) atoms. The minimum absolute atomic E-state index is 0.142. The summed E-state index contributed by atoms with van der Waals surface area (Å²) < 4.78 is 24.5. The van der Waals surface area contributed by atoms with Crippen molar-refractivity contribution in [2.45, 2.75) is 24.9 Å². The van der Waals surface area contributed by atoms with E-state index in [1.54, 1.807) is 24.4 Å². The van der Waals surface area contributed by atoms with E-state index in [9.17, 15) is 5.11 Å². The molecule has 0 saturated heterocycles. The fourth-order valence-corrected chi connectivity index (χ4v) is 5.11. The monoisotopic (exact) mass is 502 g/mol. The summed E-state index contributed by atoms with van der Waals surface area (Å²) in [6.45, 7) is 0. The van der Waals surface area contributed by atoms with Gasteiger partial charge in [-0.3, -0.25) is 0 Å². The first-order valence-electron chi connectivity index (χ1n) is 10.7. The van der Waals surface area contributed by atoms with Crippen molar-refractivity contribution < 1.29 is 14.2 Å². The maximum atomic E-state index is 15.9. The molecule has 0 spiro atoms. The molecule has 3 aromatic heterocycles. The summed E-state index contributed by atoms with van der Waals surface area (Å²) >= 11 is 1.35. The molecule has 1 fully saturated rings. The summed E-state index contributed by atoms with van der Waals surface area (Å²) in [5, 5.41) is 10.5. The van der Waals surface area contributed by atoms with E-state index in [1.165, 1.54) is 16.9 Å². The second kappa shape index (κ2) is 7.94. The molecular formula is C25H20AsFN4O2. The first kappa shape index (κ1) is 20.3. The van der Waals surface area contributed by atoms with Gasteiger partial charge in [-0.15, -0.1) is 0 Å². The Morgan fingerprint density at radius 3 is 2.61 bits per heavy atom. The van der Waals surface area contributed by atoms with E-state index in [0.717, 1.165) is 15.8 Å². The third-order valence-corrected chi connectivity index (χ3v) is 6.97. The Labute approximate surface area is 197 Å². The second-order valence-corrected chi connectivity index (χ2v) is 9.38.